The van der Waals surface area contributed by atoms with Gasteiger partial charge in [-0.05, 0) is 94.3 Å². The Hall–Kier alpha value is -4.17. The van der Waals surface area contributed by atoms with Crippen LogP contribution < -0.4 is 16.0 Å². The van der Waals surface area contributed by atoms with E-state index in [-0.39, 0.29) is 34.7 Å². The van der Waals surface area contributed by atoms with Gasteiger partial charge in [0.15, 0.2) is 4.75 Å². The van der Waals surface area contributed by atoms with Crippen LogP contribution in [-0.2, 0) is 26.2 Å². The quantitative estimate of drug-likeness (QED) is 0.161. The molecule has 240 valence electrons. The summed E-state index contributed by atoms with van der Waals surface area (Å²) in [5, 5.41) is 7.48. The lowest BCUT2D eigenvalue weighted by atomic mass is 9.90. The number of halogens is 4. The van der Waals surface area contributed by atoms with Crippen molar-refractivity contribution in [3.8, 4) is 11.3 Å². The summed E-state index contributed by atoms with van der Waals surface area (Å²) in [5.41, 5.74) is -1.45. The Kier molecular flexibility index (Phi) is 9.23. The minimum atomic E-state index is -5.17. The molecule has 1 aromatic heterocycles. The number of amides is 3. The third kappa shape index (κ3) is 7.56. The van der Waals surface area contributed by atoms with E-state index < -0.39 is 64.2 Å². The summed E-state index contributed by atoms with van der Waals surface area (Å²) in [6.07, 6.45) is -5.88. The predicted octanol–water partition coefficient (Wildman–Crippen LogP) is 6.54. The van der Waals surface area contributed by atoms with E-state index in [0.29, 0.717) is 11.3 Å². The lowest BCUT2D eigenvalue weighted by molar-refractivity contribution is -0.162. The standard InChI is InChI=1S/C31H32F4N4O5S/c1-28(2,3)44-27(42)39-29(4,5)20-14-23(17-8-10-21(32)11-9-17)37-24(15-20)30(45-43,31(33,34)35)16-36-26(41)19-7-6-18-13-25(40)38-22(18)12-19/h6-12,14-15,43H,13,16H2,1-5H3,(H,36,41)(H,38,40)(H,39,42). The fraction of sp³-hybridized carbons (Fsp3) is 0.355. The average Bonchev–Trinajstić information content (AvgIpc) is 3.31. The highest BCUT2D eigenvalue weighted by molar-refractivity contribution is 7.94. The van der Waals surface area contributed by atoms with Crippen LogP contribution >= 0.6 is 12.0 Å². The summed E-state index contributed by atoms with van der Waals surface area (Å²) < 4.78 is 71.1. The van der Waals surface area contributed by atoms with E-state index in [1.54, 1.807) is 34.6 Å². The molecule has 2 heterocycles. The Balaban J connectivity index is 1.78. The van der Waals surface area contributed by atoms with Gasteiger partial charge in [0.25, 0.3) is 5.91 Å². The molecule has 9 nitrogen and oxygen atoms in total. The number of fused-ring (bicyclic) bond motifs is 1. The summed E-state index contributed by atoms with van der Waals surface area (Å²) in [6, 6.07) is 11.7. The molecule has 4 rings (SSSR count). The molecule has 0 bridgehead atoms. The molecule has 45 heavy (non-hydrogen) atoms. The molecule has 14 heteroatoms. The van der Waals surface area contributed by atoms with E-state index in [0.717, 1.165) is 18.2 Å². The number of ether oxygens (including phenoxy) is 1. The van der Waals surface area contributed by atoms with E-state index in [1.807, 2.05) is 0 Å². The van der Waals surface area contributed by atoms with Crippen molar-refractivity contribution in [1.82, 2.24) is 15.6 Å². The van der Waals surface area contributed by atoms with Crippen LogP contribution in [0.4, 0.5) is 28.0 Å². The number of carbonyl (C=O) groups is 3. The van der Waals surface area contributed by atoms with Gasteiger partial charge in [0.2, 0.25) is 5.91 Å². The largest absolute Gasteiger partial charge is 0.444 e. The van der Waals surface area contributed by atoms with Crippen molar-refractivity contribution >= 4 is 35.6 Å². The number of nitrogens with zero attached hydrogens (tertiary/aromatic N) is 1. The lowest BCUT2D eigenvalue weighted by Gasteiger charge is -2.35. The zero-order valence-corrected chi connectivity index (χ0v) is 25.9. The first-order chi connectivity index (χ1) is 20.8. The van der Waals surface area contributed by atoms with Crippen molar-refractivity contribution in [3.05, 3.63) is 82.8 Å². The van der Waals surface area contributed by atoms with Gasteiger partial charge in [-0.2, -0.15) is 13.2 Å². The van der Waals surface area contributed by atoms with Crippen LogP contribution in [0.15, 0.2) is 54.6 Å². The Morgan fingerprint density at radius 1 is 1.02 bits per heavy atom. The van der Waals surface area contributed by atoms with Crippen molar-refractivity contribution in [2.24, 2.45) is 0 Å². The third-order valence-corrected chi connectivity index (χ3v) is 7.92. The molecule has 3 aromatic rings. The number of benzene rings is 2. The number of aromatic nitrogens is 1. The lowest BCUT2D eigenvalue weighted by Crippen LogP contribution is -2.49. The van der Waals surface area contributed by atoms with Gasteiger partial charge in [-0.15, -0.1) is 0 Å². The Morgan fingerprint density at radius 2 is 1.69 bits per heavy atom. The van der Waals surface area contributed by atoms with Gasteiger partial charge in [0.1, 0.15) is 11.4 Å². The zero-order chi connectivity index (χ0) is 33.4. The Bertz CT molecular complexity index is 1620. The number of hydrogen-bond donors (Lipinski definition) is 4. The van der Waals surface area contributed by atoms with Gasteiger partial charge in [-0.3, -0.25) is 14.6 Å². The molecular weight excluding hydrogens is 616 g/mol. The molecule has 1 aliphatic heterocycles. The smallest absolute Gasteiger partial charge is 0.412 e. The molecule has 0 aliphatic carbocycles. The summed E-state index contributed by atoms with van der Waals surface area (Å²) in [4.78, 5) is 41.6. The minimum Gasteiger partial charge on any atom is -0.444 e. The fourth-order valence-corrected chi connectivity index (χ4v) is 5.07. The van der Waals surface area contributed by atoms with Crippen molar-refractivity contribution < 1.29 is 41.2 Å². The number of anilines is 1. The van der Waals surface area contributed by atoms with E-state index in [1.165, 1.54) is 36.4 Å². The average molecular weight is 649 g/mol. The van der Waals surface area contributed by atoms with Gasteiger partial charge < -0.3 is 25.2 Å². The first-order valence-corrected chi connectivity index (χ1v) is 14.5. The van der Waals surface area contributed by atoms with E-state index in [4.69, 9.17) is 4.74 Å². The van der Waals surface area contributed by atoms with Gasteiger partial charge in [0, 0.05) is 35.4 Å². The van der Waals surface area contributed by atoms with Gasteiger partial charge in [-0.25, -0.2) is 9.18 Å². The summed E-state index contributed by atoms with van der Waals surface area (Å²) in [7, 11) is 0. The van der Waals surface area contributed by atoms with Crippen molar-refractivity contribution in [2.45, 2.75) is 63.1 Å². The maximum Gasteiger partial charge on any atom is 0.412 e. The van der Waals surface area contributed by atoms with Crippen molar-refractivity contribution in [3.63, 3.8) is 0 Å². The van der Waals surface area contributed by atoms with E-state index in [2.05, 4.69) is 20.9 Å². The van der Waals surface area contributed by atoms with Crippen LogP contribution in [0.2, 0.25) is 0 Å². The molecule has 0 spiro atoms. The topological polar surface area (TPSA) is 130 Å². The van der Waals surface area contributed by atoms with Gasteiger partial charge in [-0.1, -0.05) is 6.07 Å². The molecule has 0 fully saturated rings. The number of rotatable bonds is 8. The van der Waals surface area contributed by atoms with Gasteiger partial charge in [0.05, 0.1) is 23.3 Å². The highest BCUT2D eigenvalue weighted by atomic mass is 32.2. The summed E-state index contributed by atoms with van der Waals surface area (Å²) >= 11 is -0.549. The second-order valence-electron chi connectivity index (χ2n) is 12.1. The third-order valence-electron chi connectivity index (χ3n) is 7.02. The first-order valence-electron chi connectivity index (χ1n) is 13.7. The van der Waals surface area contributed by atoms with Crippen LogP contribution in [0.1, 0.15) is 61.8 Å². The minimum absolute atomic E-state index is 0.00799. The maximum absolute atomic E-state index is 15.0. The second-order valence-corrected chi connectivity index (χ2v) is 13.0. The molecule has 4 N–H and O–H groups in total. The number of hydrogen-bond acceptors (Lipinski definition) is 7. The van der Waals surface area contributed by atoms with Crippen molar-refractivity contribution in [2.75, 3.05) is 11.9 Å². The Morgan fingerprint density at radius 3 is 2.29 bits per heavy atom. The molecule has 1 aliphatic rings. The fourth-order valence-electron chi connectivity index (χ4n) is 4.63. The Labute approximate surface area is 261 Å². The zero-order valence-electron chi connectivity index (χ0n) is 25.1. The number of alkyl carbamates (subject to hydrolysis) is 1. The molecule has 0 radical (unpaired) electrons. The SMILES string of the molecule is CC(C)(C)OC(=O)NC(C)(C)c1cc(-c2ccc(F)cc2)nc(C(CNC(=O)c2ccc3c(c2)NC(=O)C3)(SO)C(F)(F)F)c1. The number of pyridine rings is 1. The van der Waals surface area contributed by atoms with Crippen LogP contribution in [0.5, 0.6) is 0 Å². The molecule has 1 atom stereocenters. The number of nitrogens with one attached hydrogen (secondary N) is 3. The molecule has 0 saturated carbocycles. The van der Waals surface area contributed by atoms with Crippen LogP contribution in [0.25, 0.3) is 11.3 Å². The molecule has 1 unspecified atom stereocenters. The predicted molar refractivity (Wildman–Crippen MR) is 161 cm³/mol. The summed E-state index contributed by atoms with van der Waals surface area (Å²) in [5.74, 6) is -1.74. The molecule has 2 aromatic carbocycles. The summed E-state index contributed by atoms with van der Waals surface area (Å²) in [6.45, 7) is 6.90. The number of alkyl halides is 3. The highest BCUT2D eigenvalue weighted by Gasteiger charge is 2.59. The normalized spacial score (nSPS) is 14.7. The number of carbonyl (C=O) groups excluding carboxylic acids is 3. The van der Waals surface area contributed by atoms with E-state index >= 15 is 0 Å². The maximum atomic E-state index is 15.0. The monoisotopic (exact) mass is 648 g/mol. The van der Waals surface area contributed by atoms with Crippen LogP contribution in [0, 0.1) is 5.82 Å². The van der Waals surface area contributed by atoms with Crippen LogP contribution in [0.3, 0.4) is 0 Å². The molecule has 3 amide bonds. The van der Waals surface area contributed by atoms with Crippen LogP contribution in [-0.4, -0.2) is 45.8 Å². The van der Waals surface area contributed by atoms with E-state index in [9.17, 15) is 36.5 Å². The highest BCUT2D eigenvalue weighted by Crippen LogP contribution is 2.48. The van der Waals surface area contributed by atoms with Gasteiger partial charge >= 0.3 is 12.3 Å². The second kappa shape index (κ2) is 12.3. The van der Waals surface area contributed by atoms with Crippen molar-refractivity contribution in [1.29, 1.82) is 0 Å². The molecule has 0 saturated heterocycles. The first kappa shape index (κ1) is 33.7. The molecular formula is C31H32F4N4O5S.